The van der Waals surface area contributed by atoms with Crippen molar-refractivity contribution in [3.05, 3.63) is 24.2 Å². The number of hydrogen-bond acceptors (Lipinski definition) is 3. The van der Waals surface area contributed by atoms with Crippen LogP contribution in [0.4, 0.5) is 0 Å². The summed E-state index contributed by atoms with van der Waals surface area (Å²) < 4.78 is 5.30. The van der Waals surface area contributed by atoms with Crippen LogP contribution in [0.15, 0.2) is 27.8 Å². The first-order chi connectivity index (χ1) is 9.78. The van der Waals surface area contributed by atoms with E-state index in [0.29, 0.717) is 6.54 Å². The fraction of sp³-hybridized carbons (Fsp3) is 0.667. The van der Waals surface area contributed by atoms with Gasteiger partial charge >= 0.3 is 0 Å². The van der Waals surface area contributed by atoms with Gasteiger partial charge in [-0.1, -0.05) is 0 Å². The number of halogens is 1. The highest BCUT2D eigenvalue weighted by molar-refractivity contribution is 14.0. The smallest absolute Gasteiger partial charge is 0.191 e. The van der Waals surface area contributed by atoms with Crippen LogP contribution in [-0.2, 0) is 6.54 Å². The molecule has 1 saturated heterocycles. The second kappa shape index (κ2) is 10.0. The number of likely N-dealkylation sites (tertiary alicyclic amines) is 1. The molecule has 2 rings (SSSR count). The lowest BCUT2D eigenvalue weighted by Gasteiger charge is -2.29. The number of piperidine rings is 1. The molecular formula is C15H27IN4O. The van der Waals surface area contributed by atoms with Crippen molar-refractivity contribution in [1.82, 2.24) is 15.5 Å². The molecule has 0 amide bonds. The second-order valence-corrected chi connectivity index (χ2v) is 5.40. The van der Waals surface area contributed by atoms with Gasteiger partial charge in [0.05, 0.1) is 6.26 Å². The summed E-state index contributed by atoms with van der Waals surface area (Å²) in [6, 6.07) is 3.84. The number of hydrogen-bond donors (Lipinski definition) is 2. The number of furan rings is 1. The highest BCUT2D eigenvalue weighted by Crippen LogP contribution is 2.14. The molecular weight excluding hydrogens is 379 g/mol. The van der Waals surface area contributed by atoms with E-state index in [1.54, 1.807) is 6.26 Å². The molecule has 0 saturated carbocycles. The Morgan fingerprint density at radius 1 is 1.38 bits per heavy atom. The number of nitrogens with one attached hydrogen (secondary N) is 2. The van der Waals surface area contributed by atoms with E-state index in [9.17, 15) is 0 Å². The van der Waals surface area contributed by atoms with E-state index in [4.69, 9.17) is 4.42 Å². The van der Waals surface area contributed by atoms with Gasteiger partial charge in [-0.2, -0.15) is 0 Å². The van der Waals surface area contributed by atoms with Gasteiger partial charge in [0.1, 0.15) is 12.3 Å². The van der Waals surface area contributed by atoms with Gasteiger partial charge < -0.3 is 20.0 Å². The van der Waals surface area contributed by atoms with Gasteiger partial charge in [0, 0.05) is 13.1 Å². The molecule has 1 fully saturated rings. The van der Waals surface area contributed by atoms with Crippen LogP contribution >= 0.6 is 24.0 Å². The molecule has 1 aliphatic rings. The topological polar surface area (TPSA) is 52.8 Å². The fourth-order valence-electron chi connectivity index (χ4n) is 2.41. The molecule has 2 N–H and O–H groups in total. The van der Waals surface area contributed by atoms with Crippen LogP contribution < -0.4 is 10.6 Å². The Hall–Kier alpha value is -0.760. The molecule has 0 atom stereocenters. The Labute approximate surface area is 144 Å². The van der Waals surface area contributed by atoms with Crippen LogP contribution in [0.3, 0.4) is 0 Å². The highest BCUT2D eigenvalue weighted by Gasteiger charge is 2.16. The molecule has 2 heterocycles. The van der Waals surface area contributed by atoms with Crippen LogP contribution in [-0.4, -0.2) is 44.1 Å². The molecule has 0 unspecified atom stereocenters. The summed E-state index contributed by atoms with van der Waals surface area (Å²) in [6.45, 7) is 6.93. The zero-order chi connectivity index (χ0) is 14.2. The van der Waals surface area contributed by atoms with E-state index in [2.05, 4.69) is 34.5 Å². The average molecular weight is 406 g/mol. The maximum atomic E-state index is 5.30. The highest BCUT2D eigenvalue weighted by atomic mass is 127. The van der Waals surface area contributed by atoms with E-state index in [0.717, 1.165) is 30.7 Å². The Bertz CT molecular complexity index is 400. The molecule has 0 radical (unpaired) electrons. The lowest BCUT2D eigenvalue weighted by Crippen LogP contribution is -2.42. The van der Waals surface area contributed by atoms with E-state index >= 15 is 0 Å². The van der Waals surface area contributed by atoms with E-state index < -0.39 is 0 Å². The molecule has 0 bridgehead atoms. The molecule has 1 aromatic heterocycles. The largest absolute Gasteiger partial charge is 0.467 e. The molecule has 0 aliphatic carbocycles. The van der Waals surface area contributed by atoms with Crippen molar-refractivity contribution in [2.24, 2.45) is 10.9 Å². The van der Waals surface area contributed by atoms with E-state index in [1.165, 1.54) is 25.9 Å². The summed E-state index contributed by atoms with van der Waals surface area (Å²) in [5.74, 6) is 2.52. The monoisotopic (exact) mass is 406 g/mol. The van der Waals surface area contributed by atoms with Crippen LogP contribution in [0.5, 0.6) is 0 Å². The van der Waals surface area contributed by atoms with Crippen LogP contribution in [0.2, 0.25) is 0 Å². The predicted octanol–water partition coefficient (Wildman–Crippen LogP) is 2.29. The molecule has 21 heavy (non-hydrogen) atoms. The Morgan fingerprint density at radius 2 is 2.14 bits per heavy atom. The van der Waals surface area contributed by atoms with Crippen molar-refractivity contribution in [2.75, 3.05) is 33.2 Å². The molecule has 1 aliphatic heterocycles. The maximum Gasteiger partial charge on any atom is 0.191 e. The molecule has 5 nitrogen and oxygen atoms in total. The zero-order valence-electron chi connectivity index (χ0n) is 13.0. The second-order valence-electron chi connectivity index (χ2n) is 5.40. The minimum absolute atomic E-state index is 0. The van der Waals surface area contributed by atoms with Gasteiger partial charge in [-0.05, 0) is 58.0 Å². The number of guanidine groups is 1. The van der Waals surface area contributed by atoms with Gasteiger partial charge in [0.15, 0.2) is 5.96 Å². The van der Waals surface area contributed by atoms with Crippen molar-refractivity contribution in [3.63, 3.8) is 0 Å². The summed E-state index contributed by atoms with van der Waals surface area (Å²) >= 11 is 0. The van der Waals surface area contributed by atoms with E-state index in [1.807, 2.05) is 12.1 Å². The molecule has 0 aromatic carbocycles. The minimum atomic E-state index is 0. The van der Waals surface area contributed by atoms with Gasteiger partial charge in [-0.15, -0.1) is 24.0 Å². The third-order valence-corrected chi connectivity index (χ3v) is 3.71. The Kier molecular flexibility index (Phi) is 8.75. The van der Waals surface area contributed by atoms with Crippen LogP contribution in [0.1, 0.15) is 25.5 Å². The van der Waals surface area contributed by atoms with Crippen LogP contribution in [0, 0.1) is 5.92 Å². The van der Waals surface area contributed by atoms with Crippen molar-refractivity contribution >= 4 is 29.9 Å². The van der Waals surface area contributed by atoms with Crippen molar-refractivity contribution in [2.45, 2.75) is 26.3 Å². The lowest BCUT2D eigenvalue weighted by atomic mass is 9.97. The quantitative estimate of drug-likeness (QED) is 0.448. The summed E-state index contributed by atoms with van der Waals surface area (Å²) in [4.78, 5) is 6.94. The van der Waals surface area contributed by atoms with Gasteiger partial charge in [0.25, 0.3) is 0 Å². The third kappa shape index (κ3) is 6.69. The van der Waals surface area contributed by atoms with Crippen molar-refractivity contribution in [1.29, 1.82) is 0 Å². The third-order valence-electron chi connectivity index (χ3n) is 3.71. The predicted molar refractivity (Wildman–Crippen MR) is 97.2 cm³/mol. The number of rotatable bonds is 5. The fourth-order valence-corrected chi connectivity index (χ4v) is 2.41. The summed E-state index contributed by atoms with van der Waals surface area (Å²) in [5.41, 5.74) is 0. The first-order valence-corrected chi connectivity index (χ1v) is 7.51. The first-order valence-electron chi connectivity index (χ1n) is 7.51. The normalized spacial score (nSPS) is 17.3. The van der Waals surface area contributed by atoms with E-state index in [-0.39, 0.29) is 24.0 Å². The minimum Gasteiger partial charge on any atom is -0.467 e. The number of nitrogens with zero attached hydrogens (tertiary/aromatic N) is 2. The summed E-state index contributed by atoms with van der Waals surface area (Å²) in [6.07, 6.45) is 4.21. The molecule has 120 valence electrons. The van der Waals surface area contributed by atoms with Crippen molar-refractivity contribution in [3.8, 4) is 0 Å². The SMILES string of the molecule is CCNC(=NCc1ccco1)NCC1CCN(C)CC1.I. The molecule has 0 spiro atoms. The van der Waals surface area contributed by atoms with Crippen LogP contribution in [0.25, 0.3) is 0 Å². The average Bonchev–Trinajstić information content (AvgIpc) is 2.97. The van der Waals surface area contributed by atoms with Gasteiger partial charge in [-0.3, -0.25) is 0 Å². The maximum absolute atomic E-state index is 5.30. The first kappa shape index (κ1) is 18.3. The standard InChI is InChI=1S/C15H26N4O.HI/c1-3-16-15(18-12-14-5-4-10-20-14)17-11-13-6-8-19(2)9-7-13;/h4-5,10,13H,3,6-9,11-12H2,1-2H3,(H2,16,17,18);1H. The Morgan fingerprint density at radius 3 is 2.76 bits per heavy atom. The van der Waals surface area contributed by atoms with Crippen molar-refractivity contribution < 1.29 is 4.42 Å². The van der Waals surface area contributed by atoms with Gasteiger partial charge in [-0.25, -0.2) is 4.99 Å². The molecule has 1 aromatic rings. The number of aliphatic imine (C=N–C) groups is 1. The molecule has 6 heteroatoms. The lowest BCUT2D eigenvalue weighted by molar-refractivity contribution is 0.220. The zero-order valence-corrected chi connectivity index (χ0v) is 15.3. The summed E-state index contributed by atoms with van der Waals surface area (Å²) in [7, 11) is 2.19. The summed E-state index contributed by atoms with van der Waals surface area (Å²) in [5, 5.41) is 6.73. The Balaban J connectivity index is 0.00000220. The van der Waals surface area contributed by atoms with Gasteiger partial charge in [0.2, 0.25) is 0 Å².